The molecule has 1 rings (SSSR count). The highest BCUT2D eigenvalue weighted by Gasteiger charge is 2.09. The third kappa shape index (κ3) is 2.72. The molecule has 0 atom stereocenters. The molecule has 0 saturated heterocycles. The van der Waals surface area contributed by atoms with Crippen molar-refractivity contribution in [1.82, 2.24) is 0 Å². The average Bonchev–Trinajstić information content (AvgIpc) is 2.22. The molecule has 0 spiro atoms. The number of carbonyl (C=O) groups excluding carboxylic acids is 1. The highest BCUT2D eigenvalue weighted by Crippen LogP contribution is 2.26. The zero-order chi connectivity index (χ0) is 11.4. The van der Waals surface area contributed by atoms with Crippen molar-refractivity contribution in [3.8, 4) is 0 Å². The molecule has 15 heavy (non-hydrogen) atoms. The summed E-state index contributed by atoms with van der Waals surface area (Å²) in [5, 5.41) is 0.698. The maximum Gasteiger partial charge on any atom is 0.159 e. The summed E-state index contributed by atoms with van der Waals surface area (Å²) in [5.74, 6) is 0.0695. The van der Waals surface area contributed by atoms with Gasteiger partial charge in [-0.15, -0.1) is 0 Å². The summed E-state index contributed by atoms with van der Waals surface area (Å²) >= 11 is 6.10. The van der Waals surface area contributed by atoms with Crippen LogP contribution >= 0.6 is 11.6 Å². The molecule has 0 aliphatic heterocycles. The zero-order valence-corrected chi connectivity index (χ0v) is 10.1. The van der Waals surface area contributed by atoms with Crippen LogP contribution in [0.5, 0.6) is 0 Å². The van der Waals surface area contributed by atoms with Gasteiger partial charge in [-0.3, -0.25) is 4.79 Å². The number of benzene rings is 1. The van der Waals surface area contributed by atoms with Gasteiger partial charge in [0.05, 0.1) is 10.7 Å². The van der Waals surface area contributed by atoms with Crippen molar-refractivity contribution in [2.45, 2.75) is 20.8 Å². The molecule has 0 aliphatic carbocycles. The van der Waals surface area contributed by atoms with E-state index in [1.807, 2.05) is 6.07 Å². The summed E-state index contributed by atoms with van der Waals surface area (Å²) in [4.78, 5) is 13.4. The number of Topliss-reactive ketones (excluding diaryl/α,β-unsaturated/α-hetero) is 1. The van der Waals surface area contributed by atoms with Crippen LogP contribution in [0.3, 0.4) is 0 Å². The lowest BCUT2D eigenvalue weighted by atomic mass is 10.1. The molecule has 82 valence electrons. The number of nitrogens with zero attached hydrogens (tertiary/aromatic N) is 1. The highest BCUT2D eigenvalue weighted by atomic mass is 35.5. The largest absolute Gasteiger partial charge is 0.371 e. The second-order valence-electron chi connectivity index (χ2n) is 3.39. The van der Waals surface area contributed by atoms with E-state index in [9.17, 15) is 4.79 Å². The van der Waals surface area contributed by atoms with E-state index in [4.69, 9.17) is 11.6 Å². The standard InChI is InChI=1S/C12H16ClNO/c1-4-14(5-2)12-8-10(9(3)15)6-7-11(12)13/h6-8H,4-5H2,1-3H3. The van der Waals surface area contributed by atoms with E-state index < -0.39 is 0 Å². The minimum absolute atomic E-state index is 0.0695. The Balaban J connectivity index is 3.15. The molecule has 0 unspecified atom stereocenters. The number of carbonyl (C=O) groups is 1. The Bertz CT molecular complexity index is 359. The number of hydrogen-bond donors (Lipinski definition) is 0. The minimum atomic E-state index is 0.0695. The molecule has 0 fully saturated rings. The van der Waals surface area contributed by atoms with Crippen LogP contribution in [0.4, 0.5) is 5.69 Å². The molecule has 1 aromatic carbocycles. The van der Waals surface area contributed by atoms with Crippen molar-refractivity contribution >= 4 is 23.1 Å². The van der Waals surface area contributed by atoms with E-state index >= 15 is 0 Å². The fraction of sp³-hybridized carbons (Fsp3) is 0.417. The molecule has 0 aliphatic rings. The molecule has 0 aromatic heterocycles. The number of halogens is 1. The summed E-state index contributed by atoms with van der Waals surface area (Å²) in [6.07, 6.45) is 0. The predicted molar refractivity (Wildman–Crippen MR) is 65.0 cm³/mol. The Morgan fingerprint density at radius 3 is 2.40 bits per heavy atom. The van der Waals surface area contributed by atoms with Gasteiger partial charge >= 0.3 is 0 Å². The second kappa shape index (κ2) is 5.17. The fourth-order valence-electron chi connectivity index (χ4n) is 1.54. The third-order valence-electron chi connectivity index (χ3n) is 2.46. The molecule has 0 saturated carbocycles. The number of rotatable bonds is 4. The Kier molecular flexibility index (Phi) is 4.15. The van der Waals surface area contributed by atoms with Crippen LogP contribution in [-0.2, 0) is 0 Å². The number of hydrogen-bond acceptors (Lipinski definition) is 2. The van der Waals surface area contributed by atoms with Gasteiger partial charge in [-0.05, 0) is 39.0 Å². The maximum absolute atomic E-state index is 11.2. The van der Waals surface area contributed by atoms with Crippen molar-refractivity contribution in [3.05, 3.63) is 28.8 Å². The van der Waals surface area contributed by atoms with Crippen molar-refractivity contribution in [2.75, 3.05) is 18.0 Å². The summed E-state index contributed by atoms with van der Waals surface area (Å²) in [6, 6.07) is 5.40. The Hall–Kier alpha value is -1.02. The Morgan fingerprint density at radius 2 is 1.93 bits per heavy atom. The SMILES string of the molecule is CCN(CC)c1cc(C(C)=O)ccc1Cl. The first-order chi connectivity index (χ1) is 7.10. The predicted octanol–water partition coefficient (Wildman–Crippen LogP) is 3.39. The number of anilines is 1. The molecule has 2 nitrogen and oxygen atoms in total. The summed E-state index contributed by atoms with van der Waals surface area (Å²) < 4.78 is 0. The maximum atomic E-state index is 11.2. The van der Waals surface area contributed by atoms with E-state index in [1.54, 1.807) is 19.1 Å². The van der Waals surface area contributed by atoms with Gasteiger partial charge < -0.3 is 4.90 Å². The van der Waals surface area contributed by atoms with Crippen LogP contribution in [0.25, 0.3) is 0 Å². The molecular formula is C12H16ClNO. The molecular weight excluding hydrogens is 210 g/mol. The normalized spacial score (nSPS) is 10.1. The van der Waals surface area contributed by atoms with Gasteiger partial charge in [-0.2, -0.15) is 0 Å². The lowest BCUT2D eigenvalue weighted by Gasteiger charge is -2.22. The van der Waals surface area contributed by atoms with Crippen LogP contribution in [-0.4, -0.2) is 18.9 Å². The lowest BCUT2D eigenvalue weighted by Crippen LogP contribution is -2.22. The van der Waals surface area contributed by atoms with Gasteiger partial charge in [0.2, 0.25) is 0 Å². The van der Waals surface area contributed by atoms with E-state index in [2.05, 4.69) is 18.7 Å². The molecule has 0 heterocycles. The van der Waals surface area contributed by atoms with Crippen molar-refractivity contribution in [3.63, 3.8) is 0 Å². The van der Waals surface area contributed by atoms with Crippen LogP contribution in [0.1, 0.15) is 31.1 Å². The summed E-state index contributed by atoms with van der Waals surface area (Å²) in [5.41, 5.74) is 1.65. The first-order valence-electron chi connectivity index (χ1n) is 5.15. The zero-order valence-electron chi connectivity index (χ0n) is 9.38. The van der Waals surface area contributed by atoms with Gasteiger partial charge in [0.1, 0.15) is 0 Å². The smallest absolute Gasteiger partial charge is 0.159 e. The molecule has 0 amide bonds. The van der Waals surface area contributed by atoms with E-state index in [0.717, 1.165) is 18.8 Å². The third-order valence-corrected chi connectivity index (χ3v) is 2.78. The van der Waals surface area contributed by atoms with E-state index in [-0.39, 0.29) is 5.78 Å². The quantitative estimate of drug-likeness (QED) is 0.733. The van der Waals surface area contributed by atoms with Gasteiger partial charge in [-0.1, -0.05) is 11.6 Å². The van der Waals surface area contributed by atoms with Crippen molar-refractivity contribution in [2.24, 2.45) is 0 Å². The fourth-order valence-corrected chi connectivity index (χ4v) is 1.78. The van der Waals surface area contributed by atoms with Gasteiger partial charge in [0.15, 0.2) is 5.78 Å². The average molecular weight is 226 g/mol. The van der Waals surface area contributed by atoms with Crippen molar-refractivity contribution in [1.29, 1.82) is 0 Å². The van der Waals surface area contributed by atoms with Crippen LogP contribution in [0, 0.1) is 0 Å². The summed E-state index contributed by atoms with van der Waals surface area (Å²) in [7, 11) is 0. The van der Waals surface area contributed by atoms with E-state index in [0.29, 0.717) is 10.6 Å². The molecule has 0 N–H and O–H groups in total. The monoisotopic (exact) mass is 225 g/mol. The van der Waals surface area contributed by atoms with Crippen molar-refractivity contribution < 1.29 is 4.79 Å². The molecule has 1 aromatic rings. The highest BCUT2D eigenvalue weighted by molar-refractivity contribution is 6.33. The van der Waals surface area contributed by atoms with E-state index in [1.165, 1.54) is 0 Å². The minimum Gasteiger partial charge on any atom is -0.371 e. The van der Waals surface area contributed by atoms with Crippen LogP contribution in [0.2, 0.25) is 5.02 Å². The summed E-state index contributed by atoms with van der Waals surface area (Å²) in [6.45, 7) is 7.48. The Labute approximate surface area is 95.8 Å². The van der Waals surface area contributed by atoms with Gasteiger partial charge in [0, 0.05) is 18.7 Å². The second-order valence-corrected chi connectivity index (χ2v) is 3.80. The first kappa shape index (κ1) is 12.1. The Morgan fingerprint density at radius 1 is 1.33 bits per heavy atom. The van der Waals surface area contributed by atoms with Gasteiger partial charge in [0.25, 0.3) is 0 Å². The molecule has 0 radical (unpaired) electrons. The molecule has 3 heteroatoms. The first-order valence-corrected chi connectivity index (χ1v) is 5.53. The number of ketones is 1. The van der Waals surface area contributed by atoms with Gasteiger partial charge in [-0.25, -0.2) is 0 Å². The van der Waals surface area contributed by atoms with Crippen LogP contribution in [0.15, 0.2) is 18.2 Å². The lowest BCUT2D eigenvalue weighted by molar-refractivity contribution is 0.101. The molecule has 0 bridgehead atoms. The van der Waals surface area contributed by atoms with Crippen LogP contribution < -0.4 is 4.90 Å². The topological polar surface area (TPSA) is 20.3 Å².